The maximum absolute atomic E-state index is 13.6. The van der Waals surface area contributed by atoms with Crippen molar-refractivity contribution in [3.8, 4) is 5.75 Å². The number of aromatic amines is 1. The number of imide groups is 1. The molecular formula is C24H25BrN4O4. The number of benzene rings is 2. The van der Waals surface area contributed by atoms with Crippen LogP contribution in [0.15, 0.2) is 46.9 Å². The number of aliphatic hydroxyl groups is 1. The molecule has 3 heterocycles. The Morgan fingerprint density at radius 3 is 2.79 bits per heavy atom. The highest BCUT2D eigenvalue weighted by molar-refractivity contribution is 9.10. The maximum Gasteiger partial charge on any atom is 0.328 e. The second-order valence-electron chi connectivity index (χ2n) is 8.74. The lowest BCUT2D eigenvalue weighted by atomic mass is 9.81. The molecule has 1 fully saturated rings. The normalized spacial score (nSPS) is 22.2. The average molecular weight is 513 g/mol. The Hall–Kier alpha value is -2.88. The van der Waals surface area contributed by atoms with Crippen molar-refractivity contribution in [2.24, 2.45) is 0 Å². The minimum atomic E-state index is -1.06. The van der Waals surface area contributed by atoms with Crippen molar-refractivity contribution in [1.82, 2.24) is 20.1 Å². The predicted octanol–water partition coefficient (Wildman–Crippen LogP) is 2.89. The van der Waals surface area contributed by atoms with Gasteiger partial charge in [-0.25, -0.2) is 4.79 Å². The molecule has 1 unspecified atom stereocenters. The van der Waals surface area contributed by atoms with Crippen LogP contribution in [0.4, 0.5) is 4.79 Å². The van der Waals surface area contributed by atoms with Gasteiger partial charge in [0.25, 0.3) is 5.91 Å². The third kappa shape index (κ3) is 3.42. The largest absolute Gasteiger partial charge is 0.508 e. The number of hydrogen-bond donors (Lipinski definition) is 4. The summed E-state index contributed by atoms with van der Waals surface area (Å²) in [5, 5.41) is 23.2. The number of nitrogens with zero attached hydrogens (tertiary/aromatic N) is 2. The Balaban J connectivity index is 1.65. The molecule has 0 saturated carbocycles. The summed E-state index contributed by atoms with van der Waals surface area (Å²) in [7, 11) is 0. The maximum atomic E-state index is 13.6. The minimum Gasteiger partial charge on any atom is -0.508 e. The number of aromatic nitrogens is 1. The van der Waals surface area contributed by atoms with Crippen LogP contribution >= 0.6 is 15.9 Å². The first-order valence-corrected chi connectivity index (χ1v) is 11.7. The molecule has 2 aromatic carbocycles. The molecule has 5 rings (SSSR count). The molecule has 172 valence electrons. The van der Waals surface area contributed by atoms with E-state index in [0.717, 1.165) is 32.2 Å². The lowest BCUT2D eigenvalue weighted by molar-refractivity contribution is -0.133. The Kier molecular flexibility index (Phi) is 5.43. The number of rotatable bonds is 6. The van der Waals surface area contributed by atoms with Crippen LogP contribution in [0.2, 0.25) is 0 Å². The number of amides is 3. The molecule has 1 saturated heterocycles. The first-order valence-electron chi connectivity index (χ1n) is 10.9. The second kappa shape index (κ2) is 8.16. The summed E-state index contributed by atoms with van der Waals surface area (Å²) in [6.45, 7) is 2.83. The number of carbonyl (C=O) groups is 2. The number of halogens is 1. The van der Waals surface area contributed by atoms with Gasteiger partial charge in [0.1, 0.15) is 17.3 Å². The van der Waals surface area contributed by atoms with Crippen LogP contribution in [0, 0.1) is 0 Å². The number of urea groups is 1. The van der Waals surface area contributed by atoms with E-state index in [4.69, 9.17) is 5.11 Å². The van der Waals surface area contributed by atoms with E-state index in [-0.39, 0.29) is 30.8 Å². The number of phenolic OH excluding ortho intramolecular Hbond substituents is 1. The third-order valence-electron chi connectivity index (χ3n) is 6.62. The van der Waals surface area contributed by atoms with Gasteiger partial charge in [0.15, 0.2) is 0 Å². The van der Waals surface area contributed by atoms with Crippen molar-refractivity contribution in [1.29, 1.82) is 0 Å². The van der Waals surface area contributed by atoms with E-state index in [9.17, 15) is 14.7 Å². The van der Waals surface area contributed by atoms with Crippen molar-refractivity contribution in [2.75, 3.05) is 26.2 Å². The van der Waals surface area contributed by atoms with Gasteiger partial charge in [0.05, 0.1) is 6.61 Å². The zero-order chi connectivity index (χ0) is 23.3. The number of H-pyrrole nitrogens is 1. The predicted molar refractivity (Wildman–Crippen MR) is 127 cm³/mol. The molecule has 2 aliphatic heterocycles. The van der Waals surface area contributed by atoms with Gasteiger partial charge in [-0.05, 0) is 48.4 Å². The molecule has 0 spiro atoms. The molecule has 0 radical (unpaired) electrons. The van der Waals surface area contributed by atoms with Crippen molar-refractivity contribution in [3.63, 3.8) is 0 Å². The van der Waals surface area contributed by atoms with E-state index >= 15 is 0 Å². The molecule has 0 bridgehead atoms. The van der Waals surface area contributed by atoms with Crippen LogP contribution in [0.3, 0.4) is 0 Å². The SMILES string of the molecule is C[C@@]12Cc3c([nH]c4ccc(Br)cc34)C(c3cccc(O)c3)N1C(=O)N(CCNCCO)C2=O. The minimum absolute atomic E-state index is 0.0113. The van der Waals surface area contributed by atoms with Crippen molar-refractivity contribution >= 4 is 38.8 Å². The summed E-state index contributed by atoms with van der Waals surface area (Å²) >= 11 is 3.55. The van der Waals surface area contributed by atoms with Crippen LogP contribution in [-0.2, 0) is 11.2 Å². The number of aromatic hydroxyl groups is 1. The van der Waals surface area contributed by atoms with Gasteiger partial charge in [-0.15, -0.1) is 0 Å². The summed E-state index contributed by atoms with van der Waals surface area (Å²) in [4.78, 5) is 33.7. The number of phenols is 1. The molecule has 3 amide bonds. The monoisotopic (exact) mass is 512 g/mol. The van der Waals surface area contributed by atoms with Crippen LogP contribution in [0.5, 0.6) is 5.75 Å². The zero-order valence-corrected chi connectivity index (χ0v) is 19.7. The molecule has 4 N–H and O–H groups in total. The summed E-state index contributed by atoms with van der Waals surface area (Å²) < 4.78 is 0.934. The Morgan fingerprint density at radius 1 is 1.21 bits per heavy atom. The fraction of sp³-hybridized carbons (Fsp3) is 0.333. The number of aliphatic hydroxyl groups excluding tert-OH is 1. The lowest BCUT2D eigenvalue weighted by Crippen LogP contribution is -2.53. The molecule has 0 aliphatic carbocycles. The smallest absolute Gasteiger partial charge is 0.328 e. The lowest BCUT2D eigenvalue weighted by Gasteiger charge is -2.42. The van der Waals surface area contributed by atoms with Gasteiger partial charge in [0, 0.05) is 47.1 Å². The van der Waals surface area contributed by atoms with Crippen LogP contribution in [0.25, 0.3) is 10.9 Å². The van der Waals surface area contributed by atoms with E-state index in [1.165, 1.54) is 4.90 Å². The van der Waals surface area contributed by atoms with Gasteiger partial charge in [-0.2, -0.15) is 0 Å². The van der Waals surface area contributed by atoms with E-state index in [0.29, 0.717) is 19.5 Å². The highest BCUT2D eigenvalue weighted by Gasteiger charge is 2.60. The van der Waals surface area contributed by atoms with Crippen LogP contribution in [-0.4, -0.2) is 68.7 Å². The highest BCUT2D eigenvalue weighted by atomic mass is 79.9. The Bertz CT molecular complexity index is 1260. The average Bonchev–Trinajstić information content (AvgIpc) is 3.22. The van der Waals surface area contributed by atoms with E-state index in [1.54, 1.807) is 23.1 Å². The van der Waals surface area contributed by atoms with Gasteiger partial charge in [-0.3, -0.25) is 14.6 Å². The van der Waals surface area contributed by atoms with Crippen LogP contribution in [0.1, 0.15) is 29.8 Å². The molecule has 1 aromatic heterocycles. The summed E-state index contributed by atoms with van der Waals surface area (Å²) in [6.07, 6.45) is 0.388. The fourth-order valence-electron chi connectivity index (χ4n) is 5.12. The topological polar surface area (TPSA) is 109 Å². The molecule has 9 heteroatoms. The molecule has 2 atom stereocenters. The molecule has 33 heavy (non-hydrogen) atoms. The Labute approximate surface area is 199 Å². The third-order valence-corrected chi connectivity index (χ3v) is 7.11. The van der Waals surface area contributed by atoms with Crippen molar-refractivity contribution in [3.05, 3.63) is 63.8 Å². The van der Waals surface area contributed by atoms with Crippen LogP contribution < -0.4 is 5.32 Å². The van der Waals surface area contributed by atoms with E-state index in [2.05, 4.69) is 26.2 Å². The number of fused-ring (bicyclic) bond motifs is 4. The van der Waals surface area contributed by atoms with E-state index in [1.807, 2.05) is 31.2 Å². The second-order valence-corrected chi connectivity index (χ2v) is 9.65. The van der Waals surface area contributed by atoms with Crippen molar-refractivity contribution in [2.45, 2.75) is 24.9 Å². The van der Waals surface area contributed by atoms with Gasteiger partial charge in [-0.1, -0.05) is 28.1 Å². The molecule has 2 aliphatic rings. The van der Waals surface area contributed by atoms with E-state index < -0.39 is 11.6 Å². The quantitative estimate of drug-likeness (QED) is 0.300. The molecule has 8 nitrogen and oxygen atoms in total. The van der Waals surface area contributed by atoms with Gasteiger partial charge < -0.3 is 20.5 Å². The first kappa shape index (κ1) is 21.9. The zero-order valence-electron chi connectivity index (χ0n) is 18.1. The molecular weight excluding hydrogens is 488 g/mol. The van der Waals surface area contributed by atoms with Gasteiger partial charge >= 0.3 is 6.03 Å². The first-order chi connectivity index (χ1) is 15.8. The molecule has 3 aromatic rings. The fourth-order valence-corrected chi connectivity index (χ4v) is 5.48. The number of carbonyl (C=O) groups excluding carboxylic acids is 2. The van der Waals surface area contributed by atoms with Crippen molar-refractivity contribution < 1.29 is 19.8 Å². The highest BCUT2D eigenvalue weighted by Crippen LogP contribution is 2.49. The Morgan fingerprint density at radius 2 is 2.03 bits per heavy atom. The number of nitrogens with one attached hydrogen (secondary N) is 2. The summed E-state index contributed by atoms with van der Waals surface area (Å²) in [6, 6.07) is 11.9. The standard InChI is InChI=1S/C24H25BrN4O4/c1-24-13-18-17-12-15(25)5-6-19(17)27-20(18)21(14-3-2-4-16(31)11-14)29(24)23(33)28(22(24)32)9-7-26-8-10-30/h2-6,11-12,21,26-27,30-31H,7-10,13H2,1H3/t21?,24-/m0/s1. The summed E-state index contributed by atoms with van der Waals surface area (Å²) in [5.41, 5.74) is 2.46. The number of hydrogen-bond acceptors (Lipinski definition) is 5. The van der Waals surface area contributed by atoms with Gasteiger partial charge in [0.2, 0.25) is 0 Å². The summed E-state index contributed by atoms with van der Waals surface area (Å²) in [5.74, 6) is -0.137.